The van der Waals surface area contributed by atoms with E-state index in [9.17, 15) is 13.5 Å². The summed E-state index contributed by atoms with van der Waals surface area (Å²) in [6.07, 6.45) is 2.93. The van der Waals surface area contributed by atoms with Gasteiger partial charge in [0.1, 0.15) is 5.75 Å². The van der Waals surface area contributed by atoms with Crippen LogP contribution in [-0.4, -0.2) is 58.9 Å². The number of hydrogen-bond donors (Lipinski definition) is 5. The number of hydrogen-bond acceptors (Lipinski definition) is 5. The standard InChI is InChI=1S/C9H19NO4S.CH2O3/c11-9(7-15(12,13)14)6-10-8-4-2-1-3-5-8;2-1(3)4/h8-11H,1-7H2,(H,12,13,14);(H2,2,3,4). The molecular formula is C10H21NO7S. The Labute approximate surface area is 112 Å². The molecule has 1 aliphatic carbocycles. The predicted octanol–water partition coefficient (Wildman–Crippen LogP) is 0.380. The summed E-state index contributed by atoms with van der Waals surface area (Å²) in [5, 5.41) is 26.4. The Morgan fingerprint density at radius 2 is 1.68 bits per heavy atom. The fourth-order valence-electron chi connectivity index (χ4n) is 1.91. The average molecular weight is 299 g/mol. The second-order valence-electron chi connectivity index (χ2n) is 4.43. The first-order chi connectivity index (χ1) is 8.70. The van der Waals surface area contributed by atoms with Gasteiger partial charge in [0.25, 0.3) is 10.1 Å². The lowest BCUT2D eigenvalue weighted by molar-refractivity contribution is 0.137. The molecule has 5 N–H and O–H groups in total. The van der Waals surface area contributed by atoms with E-state index in [1.54, 1.807) is 0 Å². The van der Waals surface area contributed by atoms with Crippen LogP contribution in [0.2, 0.25) is 0 Å². The molecule has 0 aromatic rings. The molecular weight excluding hydrogens is 278 g/mol. The summed E-state index contributed by atoms with van der Waals surface area (Å²) < 4.78 is 29.4. The summed E-state index contributed by atoms with van der Waals surface area (Å²) >= 11 is 0. The van der Waals surface area contributed by atoms with Crippen molar-refractivity contribution in [1.29, 1.82) is 0 Å². The second kappa shape index (κ2) is 9.08. The number of aliphatic hydroxyl groups excluding tert-OH is 1. The van der Waals surface area contributed by atoms with Crippen LogP contribution in [0, 0.1) is 0 Å². The summed E-state index contributed by atoms with van der Waals surface area (Å²) in [6.45, 7) is 0.227. The van der Waals surface area contributed by atoms with Crippen molar-refractivity contribution >= 4 is 16.3 Å². The minimum Gasteiger partial charge on any atom is -0.450 e. The van der Waals surface area contributed by atoms with Gasteiger partial charge in [0.15, 0.2) is 0 Å². The number of carboxylic acid groups (broad SMARTS) is 2. The van der Waals surface area contributed by atoms with E-state index in [2.05, 4.69) is 5.32 Å². The average Bonchev–Trinajstić information content (AvgIpc) is 2.25. The van der Waals surface area contributed by atoms with Crippen LogP contribution in [-0.2, 0) is 10.1 Å². The van der Waals surface area contributed by atoms with Gasteiger partial charge in [-0.3, -0.25) is 4.55 Å². The van der Waals surface area contributed by atoms with Gasteiger partial charge in [-0.05, 0) is 12.8 Å². The Kier molecular flexibility index (Phi) is 8.65. The van der Waals surface area contributed by atoms with Gasteiger partial charge >= 0.3 is 6.16 Å². The van der Waals surface area contributed by atoms with Gasteiger partial charge in [0, 0.05) is 12.6 Å². The molecule has 19 heavy (non-hydrogen) atoms. The Morgan fingerprint density at radius 1 is 1.21 bits per heavy atom. The van der Waals surface area contributed by atoms with E-state index in [0.29, 0.717) is 6.04 Å². The Hall–Kier alpha value is -0.900. The van der Waals surface area contributed by atoms with Crippen LogP contribution in [0.5, 0.6) is 0 Å². The molecule has 1 fully saturated rings. The van der Waals surface area contributed by atoms with Crippen LogP contribution in [0.25, 0.3) is 0 Å². The van der Waals surface area contributed by atoms with Gasteiger partial charge in [-0.25, -0.2) is 4.79 Å². The molecule has 0 aromatic carbocycles. The largest absolute Gasteiger partial charge is 0.503 e. The molecule has 0 spiro atoms. The lowest BCUT2D eigenvalue weighted by Crippen LogP contribution is -2.39. The number of rotatable bonds is 5. The Bertz CT molecular complexity index is 347. The van der Waals surface area contributed by atoms with Crippen molar-refractivity contribution in [3.63, 3.8) is 0 Å². The summed E-state index contributed by atoms with van der Waals surface area (Å²) in [5.74, 6) is -0.591. The molecule has 0 bridgehead atoms. The van der Waals surface area contributed by atoms with Crippen molar-refractivity contribution in [2.45, 2.75) is 44.2 Å². The highest BCUT2D eigenvalue weighted by atomic mass is 32.2. The van der Waals surface area contributed by atoms with E-state index in [0.717, 1.165) is 12.8 Å². The molecule has 9 heteroatoms. The van der Waals surface area contributed by atoms with Crippen LogP contribution < -0.4 is 5.32 Å². The molecule has 1 aliphatic rings. The molecule has 1 rings (SSSR count). The maximum Gasteiger partial charge on any atom is 0.503 e. The Balaban J connectivity index is 0.000000711. The van der Waals surface area contributed by atoms with E-state index in [-0.39, 0.29) is 6.54 Å². The van der Waals surface area contributed by atoms with E-state index >= 15 is 0 Å². The maximum atomic E-state index is 10.5. The van der Waals surface area contributed by atoms with Gasteiger partial charge in [-0.1, -0.05) is 19.3 Å². The highest BCUT2D eigenvalue weighted by Crippen LogP contribution is 2.17. The van der Waals surface area contributed by atoms with Gasteiger partial charge < -0.3 is 20.6 Å². The zero-order valence-electron chi connectivity index (χ0n) is 10.5. The third-order valence-corrected chi connectivity index (χ3v) is 3.46. The van der Waals surface area contributed by atoms with Crippen molar-refractivity contribution in [3.8, 4) is 0 Å². The van der Waals surface area contributed by atoms with E-state index < -0.39 is 28.1 Å². The van der Waals surface area contributed by atoms with Gasteiger partial charge in [0.2, 0.25) is 0 Å². The summed E-state index contributed by atoms with van der Waals surface area (Å²) in [5.41, 5.74) is 0. The first-order valence-electron chi connectivity index (χ1n) is 5.99. The minimum atomic E-state index is -4.07. The van der Waals surface area contributed by atoms with Crippen molar-refractivity contribution in [2.75, 3.05) is 12.3 Å². The quantitative estimate of drug-likeness (QED) is 0.458. The molecule has 1 atom stereocenters. The first kappa shape index (κ1) is 18.1. The lowest BCUT2D eigenvalue weighted by atomic mass is 9.95. The second-order valence-corrected chi connectivity index (χ2v) is 5.93. The molecule has 0 amide bonds. The zero-order valence-corrected chi connectivity index (χ0v) is 11.3. The van der Waals surface area contributed by atoms with Crippen LogP contribution in [0.4, 0.5) is 4.79 Å². The van der Waals surface area contributed by atoms with Crippen LogP contribution >= 0.6 is 0 Å². The molecule has 8 nitrogen and oxygen atoms in total. The molecule has 0 aliphatic heterocycles. The number of nitrogens with one attached hydrogen (secondary N) is 1. The van der Waals surface area contributed by atoms with Crippen molar-refractivity contribution in [1.82, 2.24) is 5.32 Å². The summed E-state index contributed by atoms with van der Waals surface area (Å²) in [6, 6.07) is 0.384. The highest BCUT2D eigenvalue weighted by Gasteiger charge is 2.17. The lowest BCUT2D eigenvalue weighted by Gasteiger charge is -2.23. The van der Waals surface area contributed by atoms with Gasteiger partial charge in [0.05, 0.1) is 6.10 Å². The smallest absolute Gasteiger partial charge is 0.450 e. The van der Waals surface area contributed by atoms with Gasteiger partial charge in [-0.15, -0.1) is 0 Å². The normalized spacial score (nSPS) is 18.2. The fourth-order valence-corrected chi connectivity index (χ4v) is 2.52. The minimum absolute atomic E-state index is 0.227. The monoisotopic (exact) mass is 299 g/mol. The van der Waals surface area contributed by atoms with Crippen LogP contribution in [0.1, 0.15) is 32.1 Å². The summed E-state index contributed by atoms with van der Waals surface area (Å²) in [4.78, 5) is 8.56. The van der Waals surface area contributed by atoms with E-state index in [4.69, 9.17) is 19.6 Å². The third kappa shape index (κ3) is 13.3. The van der Waals surface area contributed by atoms with E-state index in [1.807, 2.05) is 0 Å². The molecule has 0 aromatic heterocycles. The number of aliphatic hydroxyl groups is 1. The fraction of sp³-hybridized carbons (Fsp3) is 0.900. The van der Waals surface area contributed by atoms with Crippen LogP contribution in [0.3, 0.4) is 0 Å². The maximum absolute atomic E-state index is 10.5. The van der Waals surface area contributed by atoms with Crippen LogP contribution in [0.15, 0.2) is 0 Å². The predicted molar refractivity (Wildman–Crippen MR) is 68.0 cm³/mol. The first-order valence-corrected chi connectivity index (χ1v) is 7.60. The third-order valence-electron chi connectivity index (χ3n) is 2.65. The topological polar surface area (TPSA) is 144 Å². The molecule has 1 unspecified atom stereocenters. The molecule has 114 valence electrons. The molecule has 1 saturated carbocycles. The SMILES string of the molecule is O=C(O)O.O=S(=O)(O)CC(O)CNC1CCCCC1. The zero-order chi connectivity index (χ0) is 14.9. The van der Waals surface area contributed by atoms with Crippen molar-refractivity contribution in [2.24, 2.45) is 0 Å². The van der Waals surface area contributed by atoms with E-state index in [1.165, 1.54) is 19.3 Å². The molecule has 0 heterocycles. The highest BCUT2D eigenvalue weighted by molar-refractivity contribution is 7.85. The van der Waals surface area contributed by atoms with Crippen molar-refractivity contribution in [3.05, 3.63) is 0 Å². The molecule has 0 radical (unpaired) electrons. The Morgan fingerprint density at radius 3 is 2.11 bits per heavy atom. The summed E-state index contributed by atoms with van der Waals surface area (Å²) in [7, 11) is -4.07. The van der Waals surface area contributed by atoms with Crippen molar-refractivity contribution < 1.29 is 33.1 Å². The van der Waals surface area contributed by atoms with Gasteiger partial charge in [-0.2, -0.15) is 8.42 Å². The molecule has 0 saturated heterocycles. The number of carbonyl (C=O) groups is 1.